The second kappa shape index (κ2) is 6.49. The van der Waals surface area contributed by atoms with Gasteiger partial charge in [0, 0.05) is 13.1 Å². The van der Waals surface area contributed by atoms with E-state index in [-0.39, 0.29) is 12.1 Å². The second-order valence-electron chi connectivity index (χ2n) is 4.35. The number of amides is 2. The molecule has 2 rings (SSSR count). The molecule has 0 aliphatic carbocycles. The number of hydrogen-bond donors (Lipinski definition) is 2. The topological polar surface area (TPSA) is 67.6 Å². The molecule has 2 amide bonds. The zero-order valence-electron chi connectivity index (χ0n) is 10.5. The van der Waals surface area contributed by atoms with Crippen LogP contribution in [-0.4, -0.2) is 41.7 Å². The Hall–Kier alpha value is -1.66. The average molecular weight is 279 g/mol. The smallest absolute Gasteiger partial charge is 0.317 e. The summed E-state index contributed by atoms with van der Waals surface area (Å²) in [4.78, 5) is 14.0. The maximum absolute atomic E-state index is 12.0. The van der Waals surface area contributed by atoms with E-state index >= 15 is 0 Å². The van der Waals surface area contributed by atoms with Crippen LogP contribution in [0.2, 0.25) is 0 Å². The lowest BCUT2D eigenvalue weighted by molar-refractivity contribution is 0.0225. The van der Waals surface area contributed by atoms with Gasteiger partial charge in [-0.15, -0.1) is 0 Å². The summed E-state index contributed by atoms with van der Waals surface area (Å²) in [5, 5.41) is 2.88. The van der Waals surface area contributed by atoms with E-state index in [0.29, 0.717) is 31.2 Å². The number of carbonyl (C=O) groups is 1. The molecule has 0 aromatic heterocycles. The minimum atomic E-state index is -0.341. The van der Waals surface area contributed by atoms with Gasteiger partial charge in [-0.2, -0.15) is 0 Å². The van der Waals surface area contributed by atoms with Gasteiger partial charge in [-0.3, -0.25) is 0 Å². The van der Waals surface area contributed by atoms with Gasteiger partial charge in [0.1, 0.15) is 11.1 Å². The van der Waals surface area contributed by atoms with Gasteiger partial charge in [-0.05, 0) is 5.56 Å². The first-order chi connectivity index (χ1) is 9.16. The van der Waals surface area contributed by atoms with Gasteiger partial charge in [0.05, 0.1) is 13.2 Å². The number of carbonyl (C=O) groups excluding carboxylic acids is 1. The lowest BCUT2D eigenvalue weighted by atomic mass is 10.2. The molecular weight excluding hydrogens is 262 g/mol. The van der Waals surface area contributed by atoms with E-state index in [9.17, 15) is 4.79 Å². The van der Waals surface area contributed by atoms with E-state index < -0.39 is 0 Å². The van der Waals surface area contributed by atoms with Gasteiger partial charge in [0.15, 0.2) is 0 Å². The number of urea groups is 1. The van der Waals surface area contributed by atoms with Gasteiger partial charge in [-0.1, -0.05) is 42.5 Å². The number of nitrogens with zero attached hydrogens (tertiary/aromatic N) is 1. The van der Waals surface area contributed by atoms with Crippen molar-refractivity contribution in [3.63, 3.8) is 0 Å². The van der Waals surface area contributed by atoms with Crippen molar-refractivity contribution in [3.8, 4) is 0 Å². The molecule has 1 aromatic carbocycles. The van der Waals surface area contributed by atoms with Crippen LogP contribution < -0.4 is 11.1 Å². The molecule has 1 saturated heterocycles. The van der Waals surface area contributed by atoms with Crippen LogP contribution in [0.15, 0.2) is 30.3 Å². The lowest BCUT2D eigenvalue weighted by Gasteiger charge is -2.32. The summed E-state index contributed by atoms with van der Waals surface area (Å²) < 4.78 is 5.39. The Kier molecular flexibility index (Phi) is 4.70. The molecule has 0 radical (unpaired) electrons. The van der Waals surface area contributed by atoms with Gasteiger partial charge in [-0.25, -0.2) is 4.79 Å². The Morgan fingerprint density at radius 1 is 1.47 bits per heavy atom. The summed E-state index contributed by atoms with van der Waals surface area (Å²) in [7, 11) is 0. The molecule has 1 atom stereocenters. The van der Waals surface area contributed by atoms with Crippen molar-refractivity contribution < 1.29 is 9.53 Å². The Balaban J connectivity index is 1.84. The minimum absolute atomic E-state index is 0.117. The number of nitrogens with two attached hydrogens (primary N) is 1. The zero-order chi connectivity index (χ0) is 13.7. The number of ether oxygens (including phenoxy) is 1. The van der Waals surface area contributed by atoms with Gasteiger partial charge in [0.25, 0.3) is 0 Å². The molecule has 1 aromatic rings. The number of benzene rings is 1. The van der Waals surface area contributed by atoms with Crippen LogP contribution in [0.25, 0.3) is 0 Å². The van der Waals surface area contributed by atoms with Crippen LogP contribution in [0.5, 0.6) is 0 Å². The second-order valence-corrected chi connectivity index (χ2v) is 4.82. The number of morpholine rings is 1. The van der Waals surface area contributed by atoms with E-state index in [0.717, 1.165) is 5.56 Å². The SMILES string of the molecule is NC(=S)C1CN(C(=O)NCc2ccccc2)CCO1. The molecule has 0 saturated carbocycles. The number of thiocarbonyl (C=S) groups is 1. The Labute approximate surface area is 117 Å². The van der Waals surface area contributed by atoms with Crippen molar-refractivity contribution in [2.45, 2.75) is 12.6 Å². The Morgan fingerprint density at radius 2 is 2.21 bits per heavy atom. The lowest BCUT2D eigenvalue weighted by Crippen LogP contribution is -2.52. The normalized spacial score (nSPS) is 18.9. The summed E-state index contributed by atoms with van der Waals surface area (Å²) in [6.07, 6.45) is -0.341. The van der Waals surface area contributed by atoms with Crippen LogP contribution >= 0.6 is 12.2 Å². The quantitative estimate of drug-likeness (QED) is 0.806. The van der Waals surface area contributed by atoms with E-state index in [1.807, 2.05) is 30.3 Å². The molecule has 102 valence electrons. The van der Waals surface area contributed by atoms with Gasteiger partial charge >= 0.3 is 6.03 Å². The highest BCUT2D eigenvalue weighted by Gasteiger charge is 2.25. The van der Waals surface area contributed by atoms with Crippen LogP contribution in [0.3, 0.4) is 0 Å². The van der Waals surface area contributed by atoms with E-state index in [1.54, 1.807) is 4.90 Å². The first-order valence-electron chi connectivity index (χ1n) is 6.14. The maximum atomic E-state index is 12.0. The van der Waals surface area contributed by atoms with E-state index in [1.165, 1.54) is 0 Å². The van der Waals surface area contributed by atoms with Crippen molar-refractivity contribution in [2.75, 3.05) is 19.7 Å². The molecule has 1 aliphatic heterocycles. The third-order valence-electron chi connectivity index (χ3n) is 2.96. The minimum Gasteiger partial charge on any atom is -0.391 e. The molecule has 19 heavy (non-hydrogen) atoms. The number of hydrogen-bond acceptors (Lipinski definition) is 3. The molecule has 3 N–H and O–H groups in total. The van der Waals surface area contributed by atoms with Crippen molar-refractivity contribution >= 4 is 23.2 Å². The van der Waals surface area contributed by atoms with Crippen molar-refractivity contribution in [3.05, 3.63) is 35.9 Å². The van der Waals surface area contributed by atoms with Gasteiger partial charge in [0.2, 0.25) is 0 Å². The highest BCUT2D eigenvalue weighted by atomic mass is 32.1. The molecule has 5 nitrogen and oxygen atoms in total. The summed E-state index contributed by atoms with van der Waals surface area (Å²) >= 11 is 4.89. The van der Waals surface area contributed by atoms with Crippen molar-refractivity contribution in [1.29, 1.82) is 0 Å². The third-order valence-corrected chi connectivity index (χ3v) is 3.22. The fraction of sp³-hybridized carbons (Fsp3) is 0.385. The summed E-state index contributed by atoms with van der Waals surface area (Å²) in [5.41, 5.74) is 6.61. The van der Waals surface area contributed by atoms with Crippen molar-refractivity contribution in [2.24, 2.45) is 5.73 Å². The maximum Gasteiger partial charge on any atom is 0.317 e. The fourth-order valence-corrected chi connectivity index (χ4v) is 2.03. The molecule has 0 bridgehead atoms. The van der Waals surface area contributed by atoms with Crippen molar-refractivity contribution in [1.82, 2.24) is 10.2 Å². The molecular formula is C13H17N3O2S. The summed E-state index contributed by atoms with van der Waals surface area (Å²) in [6.45, 7) is 1.94. The predicted molar refractivity (Wildman–Crippen MR) is 76.8 cm³/mol. The zero-order valence-corrected chi connectivity index (χ0v) is 11.4. The largest absolute Gasteiger partial charge is 0.391 e. The fourth-order valence-electron chi connectivity index (χ4n) is 1.89. The molecule has 6 heteroatoms. The molecule has 1 aliphatic rings. The standard InChI is InChI=1S/C13H17N3O2S/c14-12(19)11-9-16(6-7-18-11)13(17)15-8-10-4-2-1-3-5-10/h1-5,11H,6-9H2,(H2,14,19)(H,15,17). The molecule has 1 heterocycles. The third kappa shape index (κ3) is 3.90. The van der Waals surface area contributed by atoms with Crippen LogP contribution in [0, 0.1) is 0 Å². The van der Waals surface area contributed by atoms with Crippen LogP contribution in [0.4, 0.5) is 4.79 Å². The molecule has 1 fully saturated rings. The number of rotatable bonds is 3. The Bertz CT molecular complexity index is 452. The average Bonchev–Trinajstić information content (AvgIpc) is 2.46. The Morgan fingerprint density at radius 3 is 2.89 bits per heavy atom. The van der Waals surface area contributed by atoms with E-state index in [2.05, 4.69) is 5.32 Å². The van der Waals surface area contributed by atoms with E-state index in [4.69, 9.17) is 22.7 Å². The highest BCUT2D eigenvalue weighted by Crippen LogP contribution is 2.06. The molecule has 0 spiro atoms. The van der Waals surface area contributed by atoms with Crippen LogP contribution in [0.1, 0.15) is 5.56 Å². The first-order valence-corrected chi connectivity index (χ1v) is 6.55. The first kappa shape index (κ1) is 13.8. The summed E-state index contributed by atoms with van der Waals surface area (Å²) in [6, 6.07) is 9.65. The summed E-state index contributed by atoms with van der Waals surface area (Å²) in [5.74, 6) is 0. The molecule has 1 unspecified atom stereocenters. The number of nitrogens with one attached hydrogen (secondary N) is 1. The van der Waals surface area contributed by atoms with Gasteiger partial charge < -0.3 is 20.7 Å². The monoisotopic (exact) mass is 279 g/mol. The van der Waals surface area contributed by atoms with Crippen LogP contribution in [-0.2, 0) is 11.3 Å². The predicted octanol–water partition coefficient (Wildman–Crippen LogP) is 0.883. The highest BCUT2D eigenvalue weighted by molar-refractivity contribution is 7.80.